The number of carbonyl (C=O) groups is 1. The first-order valence-corrected chi connectivity index (χ1v) is 12.2. The third-order valence-electron chi connectivity index (χ3n) is 7.13. The molecule has 6 rings (SSSR count). The van der Waals surface area contributed by atoms with Crippen molar-refractivity contribution < 1.29 is 9.90 Å². The van der Waals surface area contributed by atoms with E-state index in [0.717, 1.165) is 37.4 Å². The predicted octanol–water partition coefficient (Wildman–Crippen LogP) is 4.93. The topological polar surface area (TPSA) is 94.1 Å². The van der Waals surface area contributed by atoms with Crippen LogP contribution in [0.2, 0.25) is 0 Å². The summed E-state index contributed by atoms with van der Waals surface area (Å²) in [6, 6.07) is 11.9. The Bertz CT molecular complexity index is 1360. The van der Waals surface area contributed by atoms with E-state index in [1.54, 1.807) is 0 Å². The summed E-state index contributed by atoms with van der Waals surface area (Å²) >= 11 is 0. The number of hydrogen-bond acceptors (Lipinski definition) is 5. The van der Waals surface area contributed by atoms with E-state index in [9.17, 15) is 0 Å². The molecular weight excluding hydrogens is 438 g/mol. The number of aryl methyl sites for hydroxylation is 2. The van der Waals surface area contributed by atoms with Crippen LogP contribution in [0.15, 0.2) is 48.9 Å². The van der Waals surface area contributed by atoms with Gasteiger partial charge >= 0.3 is 0 Å². The molecule has 0 saturated carbocycles. The lowest BCUT2D eigenvalue weighted by Gasteiger charge is -2.34. The Morgan fingerprint density at radius 2 is 2.00 bits per heavy atom. The number of aromatic amines is 1. The number of rotatable bonds is 3. The van der Waals surface area contributed by atoms with Crippen molar-refractivity contribution in [1.82, 2.24) is 20.3 Å². The molecule has 0 radical (unpaired) electrons. The number of pyridine rings is 2. The van der Waals surface area contributed by atoms with Crippen LogP contribution in [-0.2, 0) is 17.8 Å². The smallest absolute Gasteiger partial charge is 0.290 e. The van der Waals surface area contributed by atoms with Crippen molar-refractivity contribution >= 4 is 23.2 Å². The van der Waals surface area contributed by atoms with E-state index in [2.05, 4.69) is 64.4 Å². The molecule has 7 nitrogen and oxygen atoms in total. The molecule has 5 heterocycles. The Hall–Kier alpha value is -3.71. The van der Waals surface area contributed by atoms with E-state index in [1.807, 2.05) is 18.6 Å². The lowest BCUT2D eigenvalue weighted by atomic mass is 9.87. The third kappa shape index (κ3) is 4.64. The number of nitrogens with zero attached hydrogens (tertiary/aromatic N) is 3. The maximum absolute atomic E-state index is 8.36. The number of carboxylic acid groups (broad SMARTS) is 1. The summed E-state index contributed by atoms with van der Waals surface area (Å²) in [5, 5.41) is 11.8. The number of H-pyrrole nitrogens is 1. The molecule has 0 amide bonds. The number of hydrogen-bond donors (Lipinski definition) is 3. The van der Waals surface area contributed by atoms with Crippen LogP contribution >= 0.6 is 0 Å². The second-order valence-electron chi connectivity index (χ2n) is 9.38. The van der Waals surface area contributed by atoms with Gasteiger partial charge in [-0.05, 0) is 91.7 Å². The molecule has 0 unspecified atom stereocenters. The molecule has 0 aliphatic carbocycles. The second kappa shape index (κ2) is 9.88. The minimum Gasteiger partial charge on any atom is -0.483 e. The molecule has 3 N–H and O–H groups in total. The van der Waals surface area contributed by atoms with Crippen LogP contribution in [-0.4, -0.2) is 39.6 Å². The molecule has 1 aromatic carbocycles. The highest BCUT2D eigenvalue weighted by molar-refractivity contribution is 5.84. The van der Waals surface area contributed by atoms with Gasteiger partial charge in [0, 0.05) is 60.1 Å². The average Bonchev–Trinajstić information content (AvgIpc) is 3.54. The maximum Gasteiger partial charge on any atom is 0.290 e. The Morgan fingerprint density at radius 1 is 1.14 bits per heavy atom. The van der Waals surface area contributed by atoms with Crippen LogP contribution in [0.25, 0.3) is 22.2 Å². The zero-order valence-electron chi connectivity index (χ0n) is 20.2. The highest BCUT2D eigenvalue weighted by Crippen LogP contribution is 2.37. The summed E-state index contributed by atoms with van der Waals surface area (Å²) in [7, 11) is 0. The fourth-order valence-electron chi connectivity index (χ4n) is 5.37. The fourth-order valence-corrected chi connectivity index (χ4v) is 5.37. The lowest BCUT2D eigenvalue weighted by molar-refractivity contribution is -0.122. The molecule has 7 heteroatoms. The van der Waals surface area contributed by atoms with E-state index in [-0.39, 0.29) is 6.47 Å². The Morgan fingerprint density at radius 3 is 2.77 bits per heavy atom. The first kappa shape index (κ1) is 23.1. The highest BCUT2D eigenvalue weighted by atomic mass is 16.3. The lowest BCUT2D eigenvalue weighted by Crippen LogP contribution is -2.32. The Balaban J connectivity index is 0.000000806. The van der Waals surface area contributed by atoms with Gasteiger partial charge in [-0.2, -0.15) is 0 Å². The number of nitrogens with one attached hydrogen (secondary N) is 2. The van der Waals surface area contributed by atoms with E-state index < -0.39 is 0 Å². The van der Waals surface area contributed by atoms with Crippen molar-refractivity contribution in [1.29, 1.82) is 0 Å². The van der Waals surface area contributed by atoms with Crippen molar-refractivity contribution in [2.24, 2.45) is 0 Å². The summed E-state index contributed by atoms with van der Waals surface area (Å²) in [4.78, 5) is 23.2. The first-order chi connectivity index (χ1) is 17.1. The van der Waals surface area contributed by atoms with E-state index >= 15 is 0 Å². The molecule has 3 aromatic heterocycles. The van der Waals surface area contributed by atoms with Crippen molar-refractivity contribution in [3.8, 4) is 11.1 Å². The molecule has 35 heavy (non-hydrogen) atoms. The second-order valence-corrected chi connectivity index (χ2v) is 9.38. The summed E-state index contributed by atoms with van der Waals surface area (Å²) in [5.41, 5.74) is 11.5. The zero-order valence-corrected chi connectivity index (χ0v) is 20.2. The largest absolute Gasteiger partial charge is 0.483 e. The van der Waals surface area contributed by atoms with E-state index in [1.165, 1.54) is 57.3 Å². The van der Waals surface area contributed by atoms with E-state index in [4.69, 9.17) is 14.9 Å². The van der Waals surface area contributed by atoms with Crippen LogP contribution in [0.5, 0.6) is 0 Å². The highest BCUT2D eigenvalue weighted by Gasteiger charge is 2.26. The van der Waals surface area contributed by atoms with Crippen molar-refractivity contribution in [2.75, 3.05) is 18.0 Å². The Labute approximate surface area is 205 Å². The maximum atomic E-state index is 8.36. The zero-order chi connectivity index (χ0) is 24.4. The number of aromatic nitrogens is 3. The molecule has 0 bridgehead atoms. The normalized spacial score (nSPS) is 17.1. The summed E-state index contributed by atoms with van der Waals surface area (Å²) in [6.07, 6.45) is 9.49. The third-order valence-corrected chi connectivity index (χ3v) is 7.13. The van der Waals surface area contributed by atoms with Gasteiger partial charge in [0.1, 0.15) is 5.65 Å². The van der Waals surface area contributed by atoms with Crippen molar-refractivity contribution in [3.63, 3.8) is 0 Å². The monoisotopic (exact) mass is 469 g/mol. The first-order valence-electron chi connectivity index (χ1n) is 12.2. The van der Waals surface area contributed by atoms with Crippen LogP contribution in [0, 0.1) is 13.8 Å². The minimum atomic E-state index is -0.250. The van der Waals surface area contributed by atoms with Crippen LogP contribution < -0.4 is 10.2 Å². The van der Waals surface area contributed by atoms with Crippen LogP contribution in [0.4, 0.5) is 5.69 Å². The summed E-state index contributed by atoms with van der Waals surface area (Å²) < 4.78 is 0. The van der Waals surface area contributed by atoms with Crippen molar-refractivity contribution in [2.45, 2.75) is 45.7 Å². The average molecular weight is 470 g/mol. The van der Waals surface area contributed by atoms with Gasteiger partial charge in [-0.15, -0.1) is 0 Å². The fraction of sp³-hybridized carbons (Fsp3) is 0.321. The van der Waals surface area contributed by atoms with Gasteiger partial charge in [0.2, 0.25) is 0 Å². The molecule has 0 spiro atoms. The standard InChI is InChI=1S/C27H29N5.CH2O2/c1-17-14-30-27-23(17)13-21(15-31-27)20-11-19-6-9-32(22-5-8-28-18(2)10-22)16-25(19)24(12-20)26-4-3-7-29-26;2-1-3/h5,8,10-15,26,29H,3-4,6-7,9,16H2,1-2H3,(H,30,31);1H,(H,2,3)/t26-;/m0./s1. The number of benzene rings is 1. The van der Waals surface area contributed by atoms with Gasteiger partial charge in [0.25, 0.3) is 6.47 Å². The summed E-state index contributed by atoms with van der Waals surface area (Å²) in [6.45, 7) is 7.05. The van der Waals surface area contributed by atoms with Gasteiger partial charge in [-0.1, -0.05) is 6.07 Å². The molecule has 1 atom stereocenters. The number of fused-ring (bicyclic) bond motifs is 2. The predicted molar refractivity (Wildman–Crippen MR) is 139 cm³/mol. The molecule has 1 fully saturated rings. The Kier molecular flexibility index (Phi) is 6.51. The minimum absolute atomic E-state index is 0.250. The van der Waals surface area contributed by atoms with Gasteiger partial charge in [0.05, 0.1) is 0 Å². The van der Waals surface area contributed by atoms with Gasteiger partial charge in [-0.3, -0.25) is 9.78 Å². The molecule has 2 aliphatic heterocycles. The quantitative estimate of drug-likeness (QED) is 0.368. The molecular formula is C28H31N5O2. The SMILES string of the molecule is Cc1cc(N2CCc3cc(-c4cnc5[nH]cc(C)c5c4)cc([C@@H]4CCCN4)c3C2)ccn1.O=CO. The van der Waals surface area contributed by atoms with Crippen LogP contribution in [0.3, 0.4) is 0 Å². The van der Waals surface area contributed by atoms with Gasteiger partial charge < -0.3 is 20.3 Å². The molecule has 1 saturated heterocycles. The van der Waals surface area contributed by atoms with E-state index in [0.29, 0.717) is 6.04 Å². The molecule has 4 aromatic rings. The van der Waals surface area contributed by atoms with Crippen molar-refractivity contribution in [3.05, 3.63) is 76.9 Å². The van der Waals surface area contributed by atoms with Crippen LogP contribution in [0.1, 0.15) is 46.8 Å². The number of anilines is 1. The molecule has 180 valence electrons. The molecule has 2 aliphatic rings. The van der Waals surface area contributed by atoms with Gasteiger partial charge in [0.15, 0.2) is 0 Å². The van der Waals surface area contributed by atoms with Gasteiger partial charge in [-0.25, -0.2) is 4.98 Å². The summed E-state index contributed by atoms with van der Waals surface area (Å²) in [5.74, 6) is 0.